The second-order valence-corrected chi connectivity index (χ2v) is 6.98. The summed E-state index contributed by atoms with van der Waals surface area (Å²) in [6.07, 6.45) is 2.16. The maximum Gasteiger partial charge on any atom is 0.222 e. The number of likely N-dealkylation sites (N-methyl/N-ethyl adjacent to an activating group) is 1. The first-order chi connectivity index (χ1) is 12.1. The summed E-state index contributed by atoms with van der Waals surface area (Å²) >= 11 is 0. The first kappa shape index (κ1) is 18.3. The molecule has 2 aliphatic rings. The van der Waals surface area contributed by atoms with Crippen LogP contribution in [0, 0.1) is 5.82 Å². The van der Waals surface area contributed by atoms with Crippen LogP contribution >= 0.6 is 0 Å². The zero-order chi connectivity index (χ0) is 17.8. The van der Waals surface area contributed by atoms with Crippen molar-refractivity contribution in [2.75, 3.05) is 33.4 Å². The molecule has 0 radical (unpaired) electrons. The summed E-state index contributed by atoms with van der Waals surface area (Å²) in [4.78, 5) is 16.5. The highest BCUT2D eigenvalue weighted by Gasteiger charge is 2.41. The minimum absolute atomic E-state index is 0.0241. The molecule has 0 spiro atoms. The van der Waals surface area contributed by atoms with E-state index < -0.39 is 6.10 Å². The van der Waals surface area contributed by atoms with E-state index in [0.29, 0.717) is 26.1 Å². The summed E-state index contributed by atoms with van der Waals surface area (Å²) in [6.45, 7) is 3.11. The Bertz CT molecular complexity index is 575. The number of aliphatic hydroxyl groups excluding tert-OH is 1. The minimum atomic E-state index is -0.516. The summed E-state index contributed by atoms with van der Waals surface area (Å²) in [5.41, 5.74) is 0.946. The molecule has 25 heavy (non-hydrogen) atoms. The van der Waals surface area contributed by atoms with Gasteiger partial charge in [-0.15, -0.1) is 0 Å². The van der Waals surface area contributed by atoms with Crippen LogP contribution in [0.3, 0.4) is 0 Å². The lowest BCUT2D eigenvalue weighted by molar-refractivity contribution is -0.134. The van der Waals surface area contributed by atoms with E-state index in [1.54, 1.807) is 24.1 Å². The highest BCUT2D eigenvalue weighted by molar-refractivity contribution is 5.76. The van der Waals surface area contributed by atoms with Crippen molar-refractivity contribution in [2.24, 2.45) is 0 Å². The van der Waals surface area contributed by atoms with Gasteiger partial charge in [-0.2, -0.15) is 0 Å². The zero-order valence-corrected chi connectivity index (χ0v) is 14.7. The molecule has 1 aliphatic heterocycles. The van der Waals surface area contributed by atoms with Gasteiger partial charge in [0.15, 0.2) is 0 Å². The van der Waals surface area contributed by atoms with Gasteiger partial charge in [0.25, 0.3) is 0 Å². The standard InChI is InChI=1S/C19H27FN2O3/c1-21(18(23)9-4-14-2-5-15(20)6-3-14)16-7-8-17(19(16)24)22-10-12-25-13-11-22/h2-3,5-6,16-17,19,24H,4,7-13H2,1H3/t16-,17-,19-/m1/s1. The van der Waals surface area contributed by atoms with Gasteiger partial charge in [-0.3, -0.25) is 9.69 Å². The molecular weight excluding hydrogens is 323 g/mol. The lowest BCUT2D eigenvalue weighted by Gasteiger charge is -2.36. The van der Waals surface area contributed by atoms with Crippen molar-refractivity contribution in [3.8, 4) is 0 Å². The average molecular weight is 350 g/mol. The summed E-state index contributed by atoms with van der Waals surface area (Å²) < 4.78 is 18.3. The highest BCUT2D eigenvalue weighted by Crippen LogP contribution is 2.29. The number of rotatable bonds is 5. The first-order valence-electron chi connectivity index (χ1n) is 9.06. The molecule has 1 amide bonds. The average Bonchev–Trinajstić information content (AvgIpc) is 3.02. The SMILES string of the molecule is CN(C(=O)CCc1ccc(F)cc1)[C@@H]1CC[C@@H](N2CCOCC2)[C@@H]1O. The van der Waals surface area contributed by atoms with Gasteiger partial charge in [-0.1, -0.05) is 12.1 Å². The Morgan fingerprint density at radius 1 is 1.28 bits per heavy atom. The van der Waals surface area contributed by atoms with Gasteiger partial charge < -0.3 is 14.7 Å². The maximum atomic E-state index is 12.9. The fourth-order valence-corrected chi connectivity index (χ4v) is 3.93. The minimum Gasteiger partial charge on any atom is -0.389 e. The summed E-state index contributed by atoms with van der Waals surface area (Å²) in [7, 11) is 1.78. The number of aliphatic hydroxyl groups is 1. The van der Waals surface area contributed by atoms with Gasteiger partial charge in [-0.05, 0) is 37.0 Å². The predicted molar refractivity (Wildman–Crippen MR) is 92.7 cm³/mol. The smallest absolute Gasteiger partial charge is 0.222 e. The number of benzene rings is 1. The molecule has 1 saturated carbocycles. The number of amides is 1. The van der Waals surface area contributed by atoms with Crippen molar-refractivity contribution >= 4 is 5.91 Å². The van der Waals surface area contributed by atoms with Gasteiger partial charge in [0.05, 0.1) is 25.4 Å². The van der Waals surface area contributed by atoms with Gasteiger partial charge >= 0.3 is 0 Å². The van der Waals surface area contributed by atoms with Crippen LogP contribution < -0.4 is 0 Å². The van der Waals surface area contributed by atoms with Crippen molar-refractivity contribution in [1.29, 1.82) is 0 Å². The second kappa shape index (κ2) is 8.25. The number of ether oxygens (including phenoxy) is 1. The molecule has 0 aromatic heterocycles. The van der Waals surface area contributed by atoms with Crippen molar-refractivity contribution in [3.05, 3.63) is 35.6 Å². The molecule has 3 rings (SSSR count). The number of nitrogens with zero attached hydrogens (tertiary/aromatic N) is 2. The molecule has 1 aliphatic carbocycles. The third kappa shape index (κ3) is 4.37. The number of hydrogen-bond donors (Lipinski definition) is 1. The highest BCUT2D eigenvalue weighted by atomic mass is 19.1. The molecule has 1 aromatic rings. The van der Waals surface area contributed by atoms with E-state index in [1.165, 1.54) is 12.1 Å². The van der Waals surface area contributed by atoms with Crippen LogP contribution in [0.4, 0.5) is 4.39 Å². The normalized spacial score (nSPS) is 27.4. The van der Waals surface area contributed by atoms with Crippen molar-refractivity contribution < 1.29 is 19.0 Å². The molecule has 0 unspecified atom stereocenters. The fourth-order valence-electron chi connectivity index (χ4n) is 3.93. The van der Waals surface area contributed by atoms with Crippen molar-refractivity contribution in [3.63, 3.8) is 0 Å². The Morgan fingerprint density at radius 3 is 2.64 bits per heavy atom. The first-order valence-corrected chi connectivity index (χ1v) is 9.06. The van der Waals surface area contributed by atoms with Gasteiger partial charge in [0.2, 0.25) is 5.91 Å². The Hall–Kier alpha value is -1.50. The Morgan fingerprint density at radius 2 is 1.96 bits per heavy atom. The fraction of sp³-hybridized carbons (Fsp3) is 0.632. The molecule has 1 N–H and O–H groups in total. The summed E-state index contributed by atoms with van der Waals surface area (Å²) in [5, 5.41) is 10.7. The molecule has 1 saturated heterocycles. The topological polar surface area (TPSA) is 53.0 Å². The summed E-state index contributed by atoms with van der Waals surface area (Å²) in [6, 6.07) is 6.23. The van der Waals surface area contributed by atoms with Crippen molar-refractivity contribution in [1.82, 2.24) is 9.80 Å². The number of aryl methyl sites for hydroxylation is 1. The van der Waals surface area contributed by atoms with Crippen LogP contribution in [0.15, 0.2) is 24.3 Å². The third-order valence-electron chi connectivity index (χ3n) is 5.49. The van der Waals surface area contributed by atoms with E-state index in [9.17, 15) is 14.3 Å². The van der Waals surface area contributed by atoms with Gasteiger partial charge in [-0.25, -0.2) is 4.39 Å². The molecule has 1 heterocycles. The molecule has 0 bridgehead atoms. The van der Waals surface area contributed by atoms with Crippen LogP contribution in [0.25, 0.3) is 0 Å². The molecular formula is C19H27FN2O3. The van der Waals surface area contributed by atoms with E-state index in [-0.39, 0.29) is 23.8 Å². The van der Waals surface area contributed by atoms with E-state index in [4.69, 9.17) is 4.74 Å². The molecule has 3 atom stereocenters. The monoisotopic (exact) mass is 350 g/mol. The zero-order valence-electron chi connectivity index (χ0n) is 14.7. The van der Waals surface area contributed by atoms with Crippen LogP contribution in [-0.4, -0.2) is 72.4 Å². The Labute approximate surface area is 148 Å². The molecule has 2 fully saturated rings. The van der Waals surface area contributed by atoms with Crippen LogP contribution in [0.2, 0.25) is 0 Å². The van der Waals surface area contributed by atoms with Crippen molar-refractivity contribution in [2.45, 2.75) is 43.9 Å². The quantitative estimate of drug-likeness (QED) is 0.873. The molecule has 5 nitrogen and oxygen atoms in total. The summed E-state index contributed by atoms with van der Waals surface area (Å²) in [5.74, 6) is -0.244. The molecule has 138 valence electrons. The van der Waals surface area contributed by atoms with E-state index >= 15 is 0 Å². The Balaban J connectivity index is 1.52. The number of morpholine rings is 1. The number of carbonyl (C=O) groups is 1. The molecule has 1 aromatic carbocycles. The van der Waals surface area contributed by atoms with Gasteiger partial charge in [0.1, 0.15) is 5.82 Å². The van der Waals surface area contributed by atoms with Crippen LogP contribution in [0.1, 0.15) is 24.8 Å². The molecule has 6 heteroatoms. The van der Waals surface area contributed by atoms with Crippen LogP contribution in [0.5, 0.6) is 0 Å². The number of carbonyl (C=O) groups excluding carboxylic acids is 1. The Kier molecular flexibility index (Phi) is 6.04. The number of hydrogen-bond acceptors (Lipinski definition) is 4. The van der Waals surface area contributed by atoms with E-state index in [1.807, 2.05) is 0 Å². The van der Waals surface area contributed by atoms with Crippen LogP contribution in [-0.2, 0) is 16.0 Å². The largest absolute Gasteiger partial charge is 0.389 e. The predicted octanol–water partition coefficient (Wildman–Crippen LogP) is 1.44. The number of halogens is 1. The van der Waals surface area contributed by atoms with E-state index in [0.717, 1.165) is 31.5 Å². The lowest BCUT2D eigenvalue weighted by Crippen LogP contribution is -2.51. The van der Waals surface area contributed by atoms with E-state index in [2.05, 4.69) is 4.90 Å². The maximum absolute atomic E-state index is 12.9. The lowest BCUT2D eigenvalue weighted by atomic mass is 10.1. The third-order valence-corrected chi connectivity index (χ3v) is 5.49. The van der Waals surface area contributed by atoms with Gasteiger partial charge in [0, 0.05) is 32.6 Å². The second-order valence-electron chi connectivity index (χ2n) is 6.98.